The van der Waals surface area contributed by atoms with E-state index in [9.17, 15) is 14.3 Å². The highest BCUT2D eigenvalue weighted by molar-refractivity contribution is 5.82. The van der Waals surface area contributed by atoms with Crippen LogP contribution in [-0.2, 0) is 10.3 Å². The van der Waals surface area contributed by atoms with Crippen LogP contribution in [0.3, 0.4) is 0 Å². The molecule has 128 valence electrons. The number of fused-ring (bicyclic) bond motifs is 1. The number of hydrogen-bond acceptors (Lipinski definition) is 4. The van der Waals surface area contributed by atoms with Crippen LogP contribution in [0.4, 0.5) is 10.1 Å². The van der Waals surface area contributed by atoms with Gasteiger partial charge in [0.15, 0.2) is 5.82 Å². The van der Waals surface area contributed by atoms with E-state index in [0.717, 1.165) is 11.0 Å². The third kappa shape index (κ3) is 2.43. The number of pyridine rings is 1. The largest absolute Gasteiger partial charge is 0.479 e. The fourth-order valence-corrected chi connectivity index (χ4v) is 3.60. The number of benzene rings is 1. The van der Waals surface area contributed by atoms with Gasteiger partial charge in [-0.25, -0.2) is 14.2 Å². The average Bonchev–Trinajstić information content (AvgIpc) is 3.07. The number of carboxylic acid groups (broad SMARTS) is 1. The van der Waals surface area contributed by atoms with Crippen LogP contribution in [0.5, 0.6) is 0 Å². The number of aliphatic carboxylic acids is 1. The lowest BCUT2D eigenvalue weighted by molar-refractivity contribution is -0.148. The Bertz CT molecular complexity index is 931. The Labute approximate surface area is 143 Å². The van der Waals surface area contributed by atoms with Crippen molar-refractivity contribution in [3.8, 4) is 0 Å². The maximum atomic E-state index is 14.0. The summed E-state index contributed by atoms with van der Waals surface area (Å²) in [4.78, 5) is 22.1. The summed E-state index contributed by atoms with van der Waals surface area (Å²) in [5.41, 5.74) is 0.958. The molecule has 0 unspecified atom stereocenters. The molecule has 25 heavy (non-hydrogen) atoms. The number of halogens is 1. The van der Waals surface area contributed by atoms with E-state index in [0.29, 0.717) is 31.6 Å². The van der Waals surface area contributed by atoms with Crippen molar-refractivity contribution < 1.29 is 14.3 Å². The monoisotopic (exact) mass is 340 g/mol. The number of carboxylic acids is 1. The van der Waals surface area contributed by atoms with E-state index < -0.39 is 17.3 Å². The van der Waals surface area contributed by atoms with Gasteiger partial charge in [-0.3, -0.25) is 4.98 Å². The van der Waals surface area contributed by atoms with Crippen molar-refractivity contribution in [2.24, 2.45) is 0 Å². The van der Waals surface area contributed by atoms with Gasteiger partial charge in [-0.2, -0.15) is 0 Å². The molecule has 1 aliphatic rings. The number of para-hydroxylation sites is 2. The minimum atomic E-state index is -1.07. The molecule has 0 aliphatic carbocycles. The van der Waals surface area contributed by atoms with Gasteiger partial charge in [0.05, 0.1) is 29.2 Å². The summed E-state index contributed by atoms with van der Waals surface area (Å²) in [5.74, 6) is -1.27. The number of anilines is 1. The lowest BCUT2D eigenvalue weighted by Gasteiger charge is -2.40. The summed E-state index contributed by atoms with van der Waals surface area (Å²) in [6.07, 6.45) is 5.05. The summed E-state index contributed by atoms with van der Waals surface area (Å²) in [6.45, 7) is 0.888. The summed E-state index contributed by atoms with van der Waals surface area (Å²) in [6, 6.07) is 9.11. The molecule has 0 radical (unpaired) electrons. The zero-order chi connectivity index (χ0) is 17.4. The van der Waals surface area contributed by atoms with Gasteiger partial charge >= 0.3 is 5.97 Å². The highest BCUT2D eigenvalue weighted by Crippen LogP contribution is 2.35. The Balaban J connectivity index is 1.68. The number of imidazole rings is 1. The predicted octanol–water partition coefficient (Wildman–Crippen LogP) is 2.65. The molecule has 0 atom stereocenters. The van der Waals surface area contributed by atoms with Gasteiger partial charge in [-0.15, -0.1) is 0 Å². The van der Waals surface area contributed by atoms with Crippen LogP contribution in [0.2, 0.25) is 0 Å². The van der Waals surface area contributed by atoms with Crippen molar-refractivity contribution in [2.45, 2.75) is 18.4 Å². The minimum absolute atomic E-state index is 0.366. The van der Waals surface area contributed by atoms with Crippen LogP contribution >= 0.6 is 0 Å². The fourth-order valence-electron chi connectivity index (χ4n) is 3.60. The van der Waals surface area contributed by atoms with Gasteiger partial charge in [-0.1, -0.05) is 12.1 Å². The zero-order valence-corrected chi connectivity index (χ0v) is 13.5. The highest BCUT2D eigenvalue weighted by atomic mass is 19.1. The van der Waals surface area contributed by atoms with Crippen LogP contribution in [0.1, 0.15) is 12.8 Å². The summed E-state index contributed by atoms with van der Waals surface area (Å²) in [7, 11) is 0. The van der Waals surface area contributed by atoms with Crippen molar-refractivity contribution in [3.05, 3.63) is 54.9 Å². The van der Waals surface area contributed by atoms with Crippen molar-refractivity contribution in [1.29, 1.82) is 0 Å². The maximum absolute atomic E-state index is 14.0. The van der Waals surface area contributed by atoms with E-state index in [1.165, 1.54) is 6.20 Å². The first-order valence-electron chi connectivity index (χ1n) is 8.12. The first kappa shape index (κ1) is 15.6. The van der Waals surface area contributed by atoms with E-state index in [1.807, 2.05) is 29.2 Å². The molecule has 1 N–H and O–H groups in total. The summed E-state index contributed by atoms with van der Waals surface area (Å²) in [5, 5.41) is 9.98. The van der Waals surface area contributed by atoms with E-state index >= 15 is 0 Å². The Morgan fingerprint density at radius 3 is 2.68 bits per heavy atom. The van der Waals surface area contributed by atoms with Gasteiger partial charge < -0.3 is 14.6 Å². The van der Waals surface area contributed by atoms with Crippen molar-refractivity contribution in [1.82, 2.24) is 14.5 Å². The molecule has 2 aromatic heterocycles. The van der Waals surface area contributed by atoms with E-state index in [2.05, 4.69) is 9.97 Å². The van der Waals surface area contributed by atoms with E-state index in [4.69, 9.17) is 0 Å². The fraction of sp³-hybridized carbons (Fsp3) is 0.278. The van der Waals surface area contributed by atoms with Crippen molar-refractivity contribution >= 4 is 22.7 Å². The third-order valence-electron chi connectivity index (χ3n) is 5.00. The van der Waals surface area contributed by atoms with Gasteiger partial charge in [0, 0.05) is 19.3 Å². The predicted molar refractivity (Wildman–Crippen MR) is 91.0 cm³/mol. The molecule has 3 heterocycles. The molecule has 0 saturated carbocycles. The Kier molecular flexibility index (Phi) is 3.63. The quantitative estimate of drug-likeness (QED) is 0.794. The van der Waals surface area contributed by atoms with Gasteiger partial charge in [0.1, 0.15) is 5.54 Å². The van der Waals surface area contributed by atoms with Crippen LogP contribution in [0.25, 0.3) is 11.0 Å². The van der Waals surface area contributed by atoms with Crippen LogP contribution in [0, 0.1) is 5.82 Å². The second-order valence-corrected chi connectivity index (χ2v) is 6.25. The SMILES string of the molecule is O=C(O)C1(n2cnc3ccccc32)CCN(c2ccncc2F)CC1. The molecular weight excluding hydrogens is 323 g/mol. The molecule has 1 aromatic carbocycles. The number of rotatable bonds is 3. The molecule has 4 rings (SSSR count). The van der Waals surface area contributed by atoms with Crippen molar-refractivity contribution in [3.63, 3.8) is 0 Å². The number of aromatic nitrogens is 3. The molecule has 0 bridgehead atoms. The smallest absolute Gasteiger partial charge is 0.330 e. The Hall–Kier alpha value is -2.96. The first-order valence-corrected chi connectivity index (χ1v) is 8.12. The molecule has 1 fully saturated rings. The third-order valence-corrected chi connectivity index (χ3v) is 5.00. The number of carbonyl (C=O) groups is 1. The molecule has 3 aromatic rings. The molecule has 7 heteroatoms. The Morgan fingerprint density at radius 2 is 1.96 bits per heavy atom. The summed E-state index contributed by atoms with van der Waals surface area (Å²) >= 11 is 0. The minimum Gasteiger partial charge on any atom is -0.479 e. The molecule has 0 spiro atoms. The number of hydrogen-bond donors (Lipinski definition) is 1. The summed E-state index contributed by atoms with van der Waals surface area (Å²) < 4.78 is 15.7. The van der Waals surface area contributed by atoms with Gasteiger partial charge in [-0.05, 0) is 31.0 Å². The number of nitrogens with zero attached hydrogens (tertiary/aromatic N) is 4. The topological polar surface area (TPSA) is 71.2 Å². The Morgan fingerprint density at radius 1 is 1.20 bits per heavy atom. The lowest BCUT2D eigenvalue weighted by Crippen LogP contribution is -2.51. The maximum Gasteiger partial charge on any atom is 0.330 e. The molecule has 6 nitrogen and oxygen atoms in total. The molecule has 1 aliphatic heterocycles. The second kappa shape index (κ2) is 5.84. The van der Waals surface area contributed by atoms with Gasteiger partial charge in [0.2, 0.25) is 0 Å². The number of piperidine rings is 1. The van der Waals surface area contributed by atoms with Crippen molar-refractivity contribution in [2.75, 3.05) is 18.0 Å². The van der Waals surface area contributed by atoms with Crippen LogP contribution < -0.4 is 4.90 Å². The normalized spacial score (nSPS) is 16.9. The van der Waals surface area contributed by atoms with Crippen LogP contribution in [-0.4, -0.2) is 38.7 Å². The zero-order valence-electron chi connectivity index (χ0n) is 13.5. The first-order chi connectivity index (χ1) is 12.1. The molecule has 0 amide bonds. The standard InChI is InChI=1S/C18H17FN4O2/c19-13-11-20-8-5-15(13)22-9-6-18(7-10-22,17(24)25)23-12-21-14-3-1-2-4-16(14)23/h1-5,8,11-12H,6-7,9-10H2,(H,24,25). The average molecular weight is 340 g/mol. The van der Waals surface area contributed by atoms with E-state index in [1.54, 1.807) is 23.2 Å². The molecular formula is C18H17FN4O2. The van der Waals surface area contributed by atoms with Gasteiger partial charge in [0.25, 0.3) is 0 Å². The van der Waals surface area contributed by atoms with E-state index in [-0.39, 0.29) is 0 Å². The highest BCUT2D eigenvalue weighted by Gasteiger charge is 2.44. The second-order valence-electron chi connectivity index (χ2n) is 6.25. The van der Waals surface area contributed by atoms with Crippen LogP contribution in [0.15, 0.2) is 49.1 Å². The molecule has 1 saturated heterocycles. The lowest BCUT2D eigenvalue weighted by atomic mass is 9.86.